The molecule has 0 saturated heterocycles. The Bertz CT molecular complexity index is 1340. The van der Waals surface area contributed by atoms with Crippen LogP contribution in [-0.4, -0.2) is 39.1 Å². The van der Waals surface area contributed by atoms with Crippen LogP contribution in [-0.2, 0) is 28.8 Å². The quantitative estimate of drug-likeness (QED) is 0.351. The van der Waals surface area contributed by atoms with E-state index in [1.165, 1.54) is 7.11 Å². The number of carbonyl (C=O) groups excluding carboxylic acids is 1. The number of carboxylic acid groups (broad SMARTS) is 1. The molecule has 0 aliphatic carbocycles. The van der Waals surface area contributed by atoms with Gasteiger partial charge in [-0.1, -0.05) is 60.7 Å². The normalized spacial score (nSPS) is 10.5. The molecule has 4 rings (SSSR count). The first-order valence-corrected chi connectivity index (χ1v) is 11.0. The summed E-state index contributed by atoms with van der Waals surface area (Å²) < 4.78 is 4.91. The van der Waals surface area contributed by atoms with Crippen LogP contribution in [0.2, 0.25) is 0 Å². The smallest absolute Gasteiger partial charge is 0.338 e. The Balaban J connectivity index is 1.71. The predicted octanol–water partition coefficient (Wildman–Crippen LogP) is 4.21. The van der Waals surface area contributed by atoms with Crippen LogP contribution in [0.1, 0.15) is 38.7 Å². The molecular formula is C27H24N4O4. The van der Waals surface area contributed by atoms with E-state index >= 15 is 0 Å². The number of nitrogens with one attached hydrogen (secondary N) is 1. The number of carbonyl (C=O) groups is 2. The van der Waals surface area contributed by atoms with E-state index in [4.69, 9.17) is 4.74 Å². The van der Waals surface area contributed by atoms with E-state index < -0.39 is 11.9 Å². The molecule has 0 aliphatic heterocycles. The van der Waals surface area contributed by atoms with E-state index in [0.717, 1.165) is 16.8 Å². The van der Waals surface area contributed by atoms with Crippen LogP contribution in [0.25, 0.3) is 0 Å². The fourth-order valence-electron chi connectivity index (χ4n) is 3.72. The van der Waals surface area contributed by atoms with Crippen LogP contribution in [0, 0.1) is 0 Å². The van der Waals surface area contributed by atoms with Crippen LogP contribution in [0.15, 0.2) is 78.9 Å². The molecule has 176 valence electrons. The largest absolute Gasteiger partial charge is 0.481 e. The van der Waals surface area contributed by atoms with Crippen LogP contribution < -0.4 is 5.32 Å². The summed E-state index contributed by atoms with van der Waals surface area (Å²) in [7, 11) is 1.34. The van der Waals surface area contributed by atoms with Crippen molar-refractivity contribution in [2.45, 2.75) is 19.3 Å². The minimum atomic E-state index is -0.903. The maximum absolute atomic E-state index is 12.2. The molecule has 1 heterocycles. The summed E-state index contributed by atoms with van der Waals surface area (Å²) >= 11 is 0. The van der Waals surface area contributed by atoms with Gasteiger partial charge in [0.15, 0.2) is 0 Å². The van der Waals surface area contributed by atoms with E-state index in [0.29, 0.717) is 41.6 Å². The highest BCUT2D eigenvalue weighted by atomic mass is 16.5. The second-order valence-electron chi connectivity index (χ2n) is 7.82. The predicted molar refractivity (Wildman–Crippen MR) is 131 cm³/mol. The lowest BCUT2D eigenvalue weighted by molar-refractivity contribution is -0.136. The molecule has 0 aliphatic rings. The summed E-state index contributed by atoms with van der Waals surface area (Å²) in [6, 6.07) is 24.0. The average molecular weight is 469 g/mol. The Morgan fingerprint density at radius 3 is 2.00 bits per heavy atom. The molecule has 8 nitrogen and oxygen atoms in total. The summed E-state index contributed by atoms with van der Waals surface area (Å²) in [6.45, 7) is 0. The summed E-state index contributed by atoms with van der Waals surface area (Å²) in [6.07, 6.45) is 0.540. The molecule has 0 saturated carbocycles. The van der Waals surface area contributed by atoms with E-state index in [1.54, 1.807) is 18.2 Å². The first-order valence-electron chi connectivity index (χ1n) is 11.0. The highest BCUT2D eigenvalue weighted by molar-refractivity contribution is 5.91. The van der Waals surface area contributed by atoms with Crippen LogP contribution in [0.3, 0.4) is 0 Å². The molecule has 0 radical (unpaired) electrons. The second kappa shape index (κ2) is 11.0. The second-order valence-corrected chi connectivity index (χ2v) is 7.82. The molecule has 0 atom stereocenters. The van der Waals surface area contributed by atoms with Crippen LogP contribution >= 0.6 is 0 Å². The molecule has 3 aromatic carbocycles. The number of para-hydroxylation sites is 1. The molecule has 0 amide bonds. The number of esters is 1. The van der Waals surface area contributed by atoms with E-state index in [-0.39, 0.29) is 6.42 Å². The van der Waals surface area contributed by atoms with E-state index in [1.807, 2.05) is 60.7 Å². The van der Waals surface area contributed by atoms with Crippen molar-refractivity contribution >= 4 is 23.6 Å². The van der Waals surface area contributed by atoms with Crippen molar-refractivity contribution in [3.63, 3.8) is 0 Å². The van der Waals surface area contributed by atoms with Gasteiger partial charge in [0.2, 0.25) is 5.95 Å². The van der Waals surface area contributed by atoms with Crippen molar-refractivity contribution in [2.75, 3.05) is 12.4 Å². The standard InChI is InChI=1S/C27H24N4O4/c1-35-26(34)22-14-8-7-11-20(22)16-24-29-23(15-18-9-5-6-10-19(18)17-25(32)33)30-27(31-24)28-21-12-3-2-4-13-21/h2-14H,15-17H2,1H3,(H,32,33)(H,28,29,30,31). The molecule has 35 heavy (non-hydrogen) atoms. The summed E-state index contributed by atoms with van der Waals surface area (Å²) in [5, 5.41) is 12.5. The summed E-state index contributed by atoms with van der Waals surface area (Å²) in [5.74, 6) is -0.00969. The van der Waals surface area contributed by atoms with Crippen molar-refractivity contribution in [3.8, 4) is 0 Å². The first kappa shape index (κ1) is 23.6. The molecule has 1 aromatic heterocycles. The van der Waals surface area contributed by atoms with Gasteiger partial charge >= 0.3 is 11.9 Å². The van der Waals surface area contributed by atoms with Crippen molar-refractivity contribution in [3.05, 3.63) is 113 Å². The number of methoxy groups -OCH3 is 1. The lowest BCUT2D eigenvalue weighted by atomic mass is 10.0. The number of hydrogen-bond donors (Lipinski definition) is 2. The van der Waals surface area contributed by atoms with Gasteiger partial charge in [-0.2, -0.15) is 9.97 Å². The molecule has 0 fully saturated rings. The Labute approximate surface area is 202 Å². The molecule has 0 unspecified atom stereocenters. The molecule has 0 bridgehead atoms. The van der Waals surface area contributed by atoms with E-state index in [9.17, 15) is 14.7 Å². The first-order chi connectivity index (χ1) is 17.0. The van der Waals surface area contributed by atoms with Gasteiger partial charge in [0.05, 0.1) is 19.1 Å². The van der Waals surface area contributed by atoms with Gasteiger partial charge in [-0.3, -0.25) is 4.79 Å². The topological polar surface area (TPSA) is 114 Å². The third kappa shape index (κ3) is 6.26. The SMILES string of the molecule is COC(=O)c1ccccc1Cc1nc(Cc2ccccc2CC(=O)O)nc(Nc2ccccc2)n1. The Morgan fingerprint density at radius 1 is 0.771 bits per heavy atom. The zero-order chi connectivity index (χ0) is 24.6. The molecule has 2 N–H and O–H groups in total. The number of benzene rings is 3. The number of ether oxygens (including phenoxy) is 1. The van der Waals surface area contributed by atoms with Gasteiger partial charge < -0.3 is 15.2 Å². The Kier molecular flexibility index (Phi) is 7.42. The third-order valence-corrected chi connectivity index (χ3v) is 5.34. The maximum atomic E-state index is 12.2. The highest BCUT2D eigenvalue weighted by Crippen LogP contribution is 2.19. The number of carboxylic acids is 1. The number of anilines is 2. The van der Waals surface area contributed by atoms with Gasteiger partial charge in [-0.05, 0) is 34.9 Å². The minimum Gasteiger partial charge on any atom is -0.481 e. The number of hydrogen-bond acceptors (Lipinski definition) is 7. The lowest BCUT2D eigenvalue weighted by Crippen LogP contribution is -2.12. The number of nitrogens with zero attached hydrogens (tertiary/aromatic N) is 3. The number of aromatic nitrogens is 3. The zero-order valence-electron chi connectivity index (χ0n) is 19.1. The highest BCUT2D eigenvalue weighted by Gasteiger charge is 2.16. The van der Waals surface area contributed by atoms with Crippen molar-refractivity contribution in [1.82, 2.24) is 15.0 Å². The molecule has 0 spiro atoms. The van der Waals surface area contributed by atoms with Gasteiger partial charge in [0, 0.05) is 18.5 Å². The fraction of sp³-hybridized carbons (Fsp3) is 0.148. The number of aliphatic carboxylic acids is 1. The van der Waals surface area contributed by atoms with Gasteiger partial charge in [-0.25, -0.2) is 9.78 Å². The Hall–Kier alpha value is -4.59. The van der Waals surface area contributed by atoms with E-state index in [2.05, 4.69) is 20.3 Å². The zero-order valence-corrected chi connectivity index (χ0v) is 19.1. The molecular weight excluding hydrogens is 444 g/mol. The lowest BCUT2D eigenvalue weighted by Gasteiger charge is -2.12. The van der Waals surface area contributed by atoms with Crippen molar-refractivity contribution in [2.24, 2.45) is 0 Å². The third-order valence-electron chi connectivity index (χ3n) is 5.34. The maximum Gasteiger partial charge on any atom is 0.338 e. The monoisotopic (exact) mass is 468 g/mol. The van der Waals surface area contributed by atoms with Crippen LogP contribution in [0.4, 0.5) is 11.6 Å². The molecule has 8 heteroatoms. The Morgan fingerprint density at radius 2 is 1.34 bits per heavy atom. The minimum absolute atomic E-state index is 0.0876. The fourth-order valence-corrected chi connectivity index (χ4v) is 3.72. The van der Waals surface area contributed by atoms with Crippen molar-refractivity contribution in [1.29, 1.82) is 0 Å². The molecule has 4 aromatic rings. The van der Waals surface area contributed by atoms with Gasteiger partial charge in [0.25, 0.3) is 0 Å². The van der Waals surface area contributed by atoms with Gasteiger partial charge in [0.1, 0.15) is 11.6 Å². The van der Waals surface area contributed by atoms with Crippen LogP contribution in [0.5, 0.6) is 0 Å². The average Bonchev–Trinajstić information content (AvgIpc) is 2.85. The van der Waals surface area contributed by atoms with Crippen molar-refractivity contribution < 1.29 is 19.4 Å². The van der Waals surface area contributed by atoms with Gasteiger partial charge in [-0.15, -0.1) is 0 Å². The summed E-state index contributed by atoms with van der Waals surface area (Å²) in [5.41, 5.74) is 3.52. The summed E-state index contributed by atoms with van der Waals surface area (Å²) in [4.78, 5) is 37.4. The number of rotatable bonds is 9.